The number of allylic oxidation sites excluding steroid dienone is 1. The minimum Gasteiger partial charge on any atom is -0.395 e. The lowest BCUT2D eigenvalue weighted by molar-refractivity contribution is -0.286. The van der Waals surface area contributed by atoms with Crippen molar-refractivity contribution in [1.29, 1.82) is 5.41 Å². The molecule has 0 radical (unpaired) electrons. The van der Waals surface area contributed by atoms with Gasteiger partial charge in [-0.15, -0.1) is 8.78 Å². The van der Waals surface area contributed by atoms with E-state index in [1.807, 2.05) is 0 Å². The first-order valence-electron chi connectivity index (χ1n) is 6.38. The second-order valence-corrected chi connectivity index (χ2v) is 8.22. The largest absolute Gasteiger partial charge is 0.586 e. The molecule has 0 saturated heterocycles. The highest BCUT2D eigenvalue weighted by Gasteiger charge is 2.67. The summed E-state index contributed by atoms with van der Waals surface area (Å²) in [5.74, 6) is -1.51. The molecular weight excluding hydrogens is 395 g/mol. The van der Waals surface area contributed by atoms with E-state index in [9.17, 15) is 30.4 Å². The van der Waals surface area contributed by atoms with Crippen LogP contribution in [-0.2, 0) is 10.0 Å². The zero-order valence-corrected chi connectivity index (χ0v) is 13.7. The van der Waals surface area contributed by atoms with Crippen LogP contribution in [0.3, 0.4) is 0 Å². The summed E-state index contributed by atoms with van der Waals surface area (Å²) in [6.45, 7) is 1.29. The molecule has 1 aromatic carbocycles. The summed E-state index contributed by atoms with van der Waals surface area (Å²) in [7, 11) is -6.10. The van der Waals surface area contributed by atoms with Gasteiger partial charge >= 0.3 is 21.8 Å². The number of nitrogens with zero attached hydrogens (tertiary/aromatic N) is 1. The molecule has 0 spiro atoms. The van der Waals surface area contributed by atoms with Gasteiger partial charge in [-0.1, -0.05) is 9.95 Å². The number of ether oxygens (including phenoxy) is 2. The van der Waals surface area contributed by atoms with Gasteiger partial charge in [0.2, 0.25) is 11.4 Å². The number of fused-ring (bicyclic) bond motifs is 1. The molecule has 0 bridgehead atoms. The predicted octanol–water partition coefficient (Wildman–Crippen LogP) is 3.71. The molecule has 0 aromatic heterocycles. The quantitative estimate of drug-likeness (QED) is 0.602. The number of halogens is 5. The number of quaternary nitrogens is 1. The van der Waals surface area contributed by atoms with Crippen LogP contribution in [0.2, 0.25) is 0 Å². The Bertz CT molecular complexity index is 913. The molecule has 1 unspecified atom stereocenters. The van der Waals surface area contributed by atoms with Crippen LogP contribution in [0, 0.1) is 5.41 Å². The number of alkyl halides is 5. The molecule has 1 N–H and O–H groups in total. The van der Waals surface area contributed by atoms with Gasteiger partial charge < -0.3 is 9.47 Å². The van der Waals surface area contributed by atoms with Crippen molar-refractivity contribution < 1.29 is 39.8 Å². The SMILES string of the molecule is CC1=C[N+](c2cccc3c2OC(F)(F)O3)(S(=O)(=O)C(F)(F)F)C(=N)S1. The average Bonchev–Trinajstić information content (AvgIpc) is 2.92. The van der Waals surface area contributed by atoms with Gasteiger partial charge in [0.05, 0.1) is 0 Å². The van der Waals surface area contributed by atoms with Crippen molar-refractivity contribution in [3.8, 4) is 11.5 Å². The Morgan fingerprint density at radius 1 is 1.24 bits per heavy atom. The number of nitrogens with one attached hydrogen (secondary N) is 1. The Morgan fingerprint density at radius 2 is 1.88 bits per heavy atom. The molecule has 2 aliphatic rings. The van der Waals surface area contributed by atoms with Crippen LogP contribution in [0.1, 0.15) is 6.92 Å². The summed E-state index contributed by atoms with van der Waals surface area (Å²) in [6.07, 6.45) is -3.52. The molecule has 2 aliphatic heterocycles. The van der Waals surface area contributed by atoms with E-state index in [1.54, 1.807) is 0 Å². The molecule has 6 nitrogen and oxygen atoms in total. The summed E-state index contributed by atoms with van der Waals surface area (Å²) >= 11 is 0.464. The molecule has 0 fully saturated rings. The Balaban J connectivity index is 2.36. The van der Waals surface area contributed by atoms with Gasteiger partial charge in [-0.25, -0.2) is 5.41 Å². The van der Waals surface area contributed by atoms with Crippen LogP contribution >= 0.6 is 11.8 Å². The van der Waals surface area contributed by atoms with Gasteiger partial charge in [0.1, 0.15) is 6.20 Å². The van der Waals surface area contributed by atoms with E-state index in [1.165, 1.54) is 6.92 Å². The van der Waals surface area contributed by atoms with Crippen LogP contribution in [0.25, 0.3) is 0 Å². The number of amidine groups is 1. The minimum atomic E-state index is -6.10. The Hall–Kier alpha value is -1.86. The van der Waals surface area contributed by atoms with Gasteiger partial charge in [-0.3, -0.25) is 0 Å². The third-order valence-electron chi connectivity index (χ3n) is 3.36. The summed E-state index contributed by atoms with van der Waals surface area (Å²) in [4.78, 5) is 0.0705. The molecule has 0 aliphatic carbocycles. The number of rotatable bonds is 2. The molecule has 1 atom stereocenters. The van der Waals surface area contributed by atoms with Gasteiger partial charge in [0.15, 0.2) is 5.75 Å². The van der Waals surface area contributed by atoms with Crippen molar-refractivity contribution in [2.45, 2.75) is 18.7 Å². The van der Waals surface area contributed by atoms with E-state index in [-0.39, 0.29) is 4.91 Å². The predicted molar refractivity (Wildman–Crippen MR) is 78.5 cm³/mol. The second kappa shape index (κ2) is 5.08. The van der Waals surface area contributed by atoms with E-state index in [0.717, 1.165) is 18.2 Å². The number of para-hydroxylation sites is 1. The van der Waals surface area contributed by atoms with E-state index in [2.05, 4.69) is 9.47 Å². The van der Waals surface area contributed by atoms with Crippen molar-refractivity contribution >= 4 is 32.6 Å². The van der Waals surface area contributed by atoms with Crippen molar-refractivity contribution in [3.63, 3.8) is 0 Å². The lowest BCUT2D eigenvalue weighted by atomic mass is 10.2. The number of hydrogen-bond donors (Lipinski definition) is 1. The minimum absolute atomic E-state index is 0.0705. The van der Waals surface area contributed by atoms with Crippen molar-refractivity contribution in [2.24, 2.45) is 0 Å². The standard InChI is InChI=1S/C12H8F5N2O4S2/c1-6-5-19(10(18)24-6,25(20,21)11(13,14)15)7-3-2-4-8-9(7)23-12(16,17)22-8/h2-5,18H,1H3/q+1. The fraction of sp³-hybridized carbons (Fsp3) is 0.250. The topological polar surface area (TPSA) is 76.5 Å². The molecular formula is C12H8F5N2O4S2+. The molecule has 136 valence electrons. The Kier molecular flexibility index (Phi) is 3.65. The Morgan fingerprint density at radius 3 is 2.40 bits per heavy atom. The highest BCUT2D eigenvalue weighted by molar-refractivity contribution is 8.18. The fourth-order valence-corrected chi connectivity index (χ4v) is 4.95. The van der Waals surface area contributed by atoms with Crippen LogP contribution < -0.4 is 13.4 Å². The molecule has 0 amide bonds. The first-order chi connectivity index (χ1) is 11.3. The summed E-state index contributed by atoms with van der Waals surface area (Å²) in [5.41, 5.74) is -6.58. The maximum atomic E-state index is 13.3. The molecule has 0 saturated carbocycles. The van der Waals surface area contributed by atoms with Crippen LogP contribution in [0.5, 0.6) is 11.5 Å². The van der Waals surface area contributed by atoms with Crippen LogP contribution in [0.15, 0.2) is 29.3 Å². The maximum Gasteiger partial charge on any atom is 0.586 e. The first-order valence-corrected chi connectivity index (χ1v) is 8.63. The van der Waals surface area contributed by atoms with Gasteiger partial charge in [-0.2, -0.15) is 21.6 Å². The van der Waals surface area contributed by atoms with E-state index >= 15 is 0 Å². The van der Waals surface area contributed by atoms with E-state index < -0.39 is 48.1 Å². The average molecular weight is 403 g/mol. The number of thioether (sulfide) groups is 1. The van der Waals surface area contributed by atoms with E-state index in [4.69, 9.17) is 5.41 Å². The van der Waals surface area contributed by atoms with Gasteiger partial charge in [-0.05, 0) is 24.8 Å². The van der Waals surface area contributed by atoms with E-state index in [0.29, 0.717) is 18.0 Å². The number of sulfonamides is 1. The van der Waals surface area contributed by atoms with Crippen molar-refractivity contribution in [3.05, 3.63) is 29.3 Å². The Labute approximate surface area is 142 Å². The zero-order chi connectivity index (χ0) is 18.8. The molecule has 25 heavy (non-hydrogen) atoms. The zero-order valence-electron chi connectivity index (χ0n) is 12.1. The number of hydrogen-bond acceptors (Lipinski definition) is 6. The van der Waals surface area contributed by atoms with Crippen LogP contribution in [-0.4, -0.2) is 25.4 Å². The second-order valence-electron chi connectivity index (χ2n) is 5.00. The van der Waals surface area contributed by atoms with Gasteiger partial charge in [0, 0.05) is 11.0 Å². The highest BCUT2D eigenvalue weighted by atomic mass is 32.2. The normalized spacial score (nSPS) is 25.2. The summed E-state index contributed by atoms with van der Waals surface area (Å²) < 4.78 is 97.2. The molecule has 1 aromatic rings. The van der Waals surface area contributed by atoms with Crippen molar-refractivity contribution in [1.82, 2.24) is 3.89 Å². The first kappa shape index (κ1) is 17.9. The molecule has 2 heterocycles. The summed E-state index contributed by atoms with van der Waals surface area (Å²) in [5, 5.41) is 6.88. The third kappa shape index (κ3) is 2.40. The fourth-order valence-electron chi connectivity index (χ4n) is 2.43. The van der Waals surface area contributed by atoms with Crippen LogP contribution in [0.4, 0.5) is 27.6 Å². The monoisotopic (exact) mass is 403 g/mol. The summed E-state index contributed by atoms with van der Waals surface area (Å²) in [6, 6.07) is 2.88. The lowest BCUT2D eigenvalue weighted by Crippen LogP contribution is -2.56. The number of benzene rings is 1. The highest BCUT2D eigenvalue weighted by Crippen LogP contribution is 2.55. The maximum absolute atomic E-state index is 13.3. The third-order valence-corrected chi connectivity index (χ3v) is 6.21. The lowest BCUT2D eigenvalue weighted by Gasteiger charge is -2.29. The molecule has 13 heteroatoms. The van der Waals surface area contributed by atoms with Crippen molar-refractivity contribution in [2.75, 3.05) is 0 Å². The molecule has 3 rings (SSSR count). The van der Waals surface area contributed by atoms with Gasteiger partial charge in [0.25, 0.3) is 5.17 Å². The smallest absolute Gasteiger partial charge is 0.395 e.